The van der Waals surface area contributed by atoms with Crippen molar-refractivity contribution in [3.8, 4) is 22.5 Å². The fourth-order valence-corrected chi connectivity index (χ4v) is 3.41. The van der Waals surface area contributed by atoms with Crippen molar-refractivity contribution in [3.05, 3.63) is 84.9 Å². The first-order valence-corrected chi connectivity index (χ1v) is 9.07. The number of aromatic nitrogens is 4. The number of carbonyl (C=O) groups is 1. The number of aromatic carboxylic acids is 1. The van der Waals surface area contributed by atoms with Gasteiger partial charge in [0, 0.05) is 23.5 Å². The summed E-state index contributed by atoms with van der Waals surface area (Å²) in [4.78, 5) is 16.5. The molecule has 0 aliphatic heterocycles. The van der Waals surface area contributed by atoms with Gasteiger partial charge in [-0.25, -0.2) is 9.78 Å². The summed E-state index contributed by atoms with van der Waals surface area (Å²) in [5.41, 5.74) is 3.42. The molecule has 2 heterocycles. The van der Waals surface area contributed by atoms with Crippen LogP contribution in [0.1, 0.15) is 23.3 Å². The Morgan fingerprint density at radius 3 is 2.54 bits per heavy atom. The molecule has 1 N–H and O–H groups in total. The van der Waals surface area contributed by atoms with Crippen molar-refractivity contribution in [1.29, 1.82) is 0 Å². The predicted molar refractivity (Wildman–Crippen MR) is 107 cm³/mol. The quantitative estimate of drug-likeness (QED) is 0.545. The highest BCUT2D eigenvalue weighted by Crippen LogP contribution is 2.35. The van der Waals surface area contributed by atoms with Gasteiger partial charge in [-0.05, 0) is 19.1 Å². The summed E-state index contributed by atoms with van der Waals surface area (Å²) in [5, 5.41) is 14.0. The molecule has 2 aromatic heterocycles. The van der Waals surface area contributed by atoms with Gasteiger partial charge in [0.2, 0.25) is 0 Å². The third kappa shape index (κ3) is 3.32. The van der Waals surface area contributed by atoms with Crippen LogP contribution in [0.3, 0.4) is 0 Å². The van der Waals surface area contributed by atoms with Crippen molar-refractivity contribution in [2.45, 2.75) is 19.5 Å². The van der Waals surface area contributed by atoms with Crippen molar-refractivity contribution in [2.24, 2.45) is 0 Å². The highest BCUT2D eigenvalue weighted by Gasteiger charge is 2.22. The van der Waals surface area contributed by atoms with Crippen LogP contribution < -0.4 is 0 Å². The van der Waals surface area contributed by atoms with Crippen LogP contribution in [-0.2, 0) is 6.54 Å². The average molecular weight is 372 g/mol. The number of nitrogens with zero attached hydrogens (tertiary/aromatic N) is 4. The van der Waals surface area contributed by atoms with Crippen molar-refractivity contribution < 1.29 is 9.90 Å². The number of imidazole rings is 1. The molecule has 140 valence electrons. The van der Waals surface area contributed by atoms with E-state index >= 15 is 0 Å². The van der Waals surface area contributed by atoms with Crippen LogP contribution in [0.2, 0.25) is 0 Å². The fraction of sp³-hybridized carbons (Fsp3) is 0.136. The molecule has 6 heteroatoms. The second kappa shape index (κ2) is 7.52. The number of benzene rings is 2. The maximum absolute atomic E-state index is 11.9. The standard InChI is InChI=1S/C22H20N4O2/c1-16(14-25-13-7-12-24-25)26-15-23-20(17-8-3-2-4-9-17)21(26)18-10-5-6-11-19(18)22(27)28/h2-13,15-16H,14H2,1H3,(H,27,28). The lowest BCUT2D eigenvalue weighted by atomic mass is 9.99. The number of hydrogen-bond donors (Lipinski definition) is 1. The highest BCUT2D eigenvalue weighted by molar-refractivity contribution is 5.97. The average Bonchev–Trinajstić information content (AvgIpc) is 3.38. The minimum absolute atomic E-state index is 0.0294. The van der Waals surface area contributed by atoms with Gasteiger partial charge in [-0.1, -0.05) is 48.5 Å². The lowest BCUT2D eigenvalue weighted by molar-refractivity contribution is 0.0697. The number of hydrogen-bond acceptors (Lipinski definition) is 3. The van der Waals surface area contributed by atoms with E-state index in [0.717, 1.165) is 17.0 Å². The van der Waals surface area contributed by atoms with Gasteiger partial charge in [-0.3, -0.25) is 4.68 Å². The van der Waals surface area contributed by atoms with E-state index in [2.05, 4.69) is 17.0 Å². The molecule has 1 atom stereocenters. The Labute approximate surface area is 162 Å². The molecule has 1 unspecified atom stereocenters. The first-order valence-electron chi connectivity index (χ1n) is 9.07. The van der Waals surface area contributed by atoms with Crippen molar-refractivity contribution in [1.82, 2.24) is 19.3 Å². The lowest BCUT2D eigenvalue weighted by Crippen LogP contribution is -2.14. The van der Waals surface area contributed by atoms with Crippen LogP contribution in [0.5, 0.6) is 0 Å². The van der Waals surface area contributed by atoms with Gasteiger partial charge in [0.15, 0.2) is 0 Å². The van der Waals surface area contributed by atoms with E-state index in [9.17, 15) is 9.90 Å². The monoisotopic (exact) mass is 372 g/mol. The van der Waals surface area contributed by atoms with Gasteiger partial charge < -0.3 is 9.67 Å². The SMILES string of the molecule is CC(Cn1cccn1)n1cnc(-c2ccccc2)c1-c1ccccc1C(=O)O. The summed E-state index contributed by atoms with van der Waals surface area (Å²) in [6.45, 7) is 2.73. The Morgan fingerprint density at radius 1 is 1.07 bits per heavy atom. The summed E-state index contributed by atoms with van der Waals surface area (Å²) >= 11 is 0. The van der Waals surface area contributed by atoms with E-state index in [1.807, 2.05) is 64.0 Å². The molecule has 4 aromatic rings. The largest absolute Gasteiger partial charge is 0.478 e. The second-order valence-corrected chi connectivity index (χ2v) is 6.64. The topological polar surface area (TPSA) is 72.9 Å². The molecule has 28 heavy (non-hydrogen) atoms. The van der Waals surface area contributed by atoms with Gasteiger partial charge >= 0.3 is 5.97 Å². The molecular formula is C22H20N4O2. The van der Waals surface area contributed by atoms with Gasteiger partial charge in [-0.2, -0.15) is 5.10 Å². The van der Waals surface area contributed by atoms with Crippen molar-refractivity contribution in [3.63, 3.8) is 0 Å². The Hall–Kier alpha value is -3.67. The third-order valence-electron chi connectivity index (χ3n) is 4.74. The fourth-order valence-electron chi connectivity index (χ4n) is 3.41. The zero-order valence-electron chi connectivity index (χ0n) is 15.4. The van der Waals surface area contributed by atoms with Gasteiger partial charge in [-0.15, -0.1) is 0 Å². The summed E-state index contributed by atoms with van der Waals surface area (Å²) in [6.07, 6.45) is 5.44. The van der Waals surface area contributed by atoms with Crippen LogP contribution in [0.4, 0.5) is 0 Å². The summed E-state index contributed by atoms with van der Waals surface area (Å²) in [6, 6.07) is 18.8. The maximum Gasteiger partial charge on any atom is 0.336 e. The smallest absolute Gasteiger partial charge is 0.336 e. The van der Waals surface area contributed by atoms with Crippen LogP contribution in [-0.4, -0.2) is 30.4 Å². The molecule has 0 fully saturated rings. The Bertz CT molecular complexity index is 1080. The third-order valence-corrected chi connectivity index (χ3v) is 4.74. The van der Waals surface area contributed by atoms with E-state index in [1.165, 1.54) is 0 Å². The van der Waals surface area contributed by atoms with Crippen molar-refractivity contribution >= 4 is 5.97 Å². The van der Waals surface area contributed by atoms with Gasteiger partial charge in [0.1, 0.15) is 0 Å². The normalized spacial score (nSPS) is 12.0. The molecule has 0 radical (unpaired) electrons. The molecule has 4 rings (SSSR count). The summed E-state index contributed by atoms with van der Waals surface area (Å²) in [7, 11) is 0. The molecule has 0 saturated heterocycles. The van der Waals surface area contributed by atoms with Gasteiger partial charge in [0.25, 0.3) is 0 Å². The first kappa shape index (κ1) is 17.7. The van der Waals surface area contributed by atoms with E-state index in [4.69, 9.17) is 0 Å². The zero-order valence-corrected chi connectivity index (χ0v) is 15.4. The molecule has 2 aromatic carbocycles. The van der Waals surface area contributed by atoms with Crippen LogP contribution in [0, 0.1) is 0 Å². The van der Waals surface area contributed by atoms with Gasteiger partial charge in [0.05, 0.1) is 35.9 Å². The Balaban J connectivity index is 1.89. The lowest BCUT2D eigenvalue weighted by Gasteiger charge is -2.19. The first-order chi connectivity index (χ1) is 13.6. The van der Waals surface area contributed by atoms with Crippen LogP contribution >= 0.6 is 0 Å². The van der Waals surface area contributed by atoms with E-state index in [-0.39, 0.29) is 11.6 Å². The van der Waals surface area contributed by atoms with Crippen LogP contribution in [0.15, 0.2) is 79.4 Å². The Kier molecular flexibility index (Phi) is 4.76. The number of carboxylic acid groups (broad SMARTS) is 1. The molecule has 0 aliphatic carbocycles. The molecule has 0 bridgehead atoms. The maximum atomic E-state index is 11.9. The van der Waals surface area contributed by atoms with Crippen LogP contribution in [0.25, 0.3) is 22.5 Å². The molecule has 6 nitrogen and oxygen atoms in total. The second-order valence-electron chi connectivity index (χ2n) is 6.64. The highest BCUT2D eigenvalue weighted by atomic mass is 16.4. The minimum Gasteiger partial charge on any atom is -0.478 e. The molecule has 0 amide bonds. The predicted octanol–water partition coefficient (Wildman–Crippen LogP) is 4.37. The number of rotatable bonds is 6. The minimum atomic E-state index is -0.956. The summed E-state index contributed by atoms with van der Waals surface area (Å²) in [5.74, 6) is -0.956. The van der Waals surface area contributed by atoms with E-state index in [1.54, 1.807) is 24.7 Å². The zero-order chi connectivity index (χ0) is 19.5. The Morgan fingerprint density at radius 2 is 1.82 bits per heavy atom. The molecule has 0 spiro atoms. The van der Waals surface area contributed by atoms with E-state index in [0.29, 0.717) is 12.1 Å². The van der Waals surface area contributed by atoms with Crippen molar-refractivity contribution in [2.75, 3.05) is 0 Å². The van der Waals surface area contributed by atoms with E-state index < -0.39 is 5.97 Å². The molecular weight excluding hydrogens is 352 g/mol. The molecule has 0 saturated carbocycles. The summed E-state index contributed by atoms with van der Waals surface area (Å²) < 4.78 is 3.89. The molecule has 0 aliphatic rings. The number of carboxylic acids is 1.